The summed E-state index contributed by atoms with van der Waals surface area (Å²) in [5.74, 6) is -2.33. The molecule has 7 heteroatoms. The Labute approximate surface area is 118 Å². The van der Waals surface area contributed by atoms with Gasteiger partial charge < -0.3 is 16.4 Å². The highest BCUT2D eigenvalue weighted by Crippen LogP contribution is 2.25. The fourth-order valence-electron chi connectivity index (χ4n) is 1.52. The van der Waals surface area contributed by atoms with E-state index in [1.807, 2.05) is 0 Å². The predicted molar refractivity (Wildman–Crippen MR) is 74.9 cm³/mol. The van der Waals surface area contributed by atoms with Gasteiger partial charge in [0.15, 0.2) is 11.6 Å². The Kier molecular flexibility index (Phi) is 4.05. The van der Waals surface area contributed by atoms with Crippen molar-refractivity contribution in [2.75, 3.05) is 16.4 Å². The van der Waals surface area contributed by atoms with E-state index in [2.05, 4.69) is 10.6 Å². The number of nitrogens with one attached hydrogen (secondary N) is 2. The molecule has 20 heavy (non-hydrogen) atoms. The van der Waals surface area contributed by atoms with Crippen molar-refractivity contribution in [3.63, 3.8) is 0 Å². The number of hydrogen-bond acceptors (Lipinski definition) is 2. The summed E-state index contributed by atoms with van der Waals surface area (Å²) in [6, 6.07) is 7.75. The SMILES string of the molecule is Nc1ccc(F)c(F)c1NC(=O)Nc1ccccc1Cl. The molecule has 104 valence electrons. The lowest BCUT2D eigenvalue weighted by Gasteiger charge is -2.11. The highest BCUT2D eigenvalue weighted by atomic mass is 35.5. The molecule has 0 atom stereocenters. The molecule has 4 nitrogen and oxygen atoms in total. The van der Waals surface area contributed by atoms with E-state index in [4.69, 9.17) is 17.3 Å². The van der Waals surface area contributed by atoms with Crippen LogP contribution in [0.15, 0.2) is 36.4 Å². The lowest BCUT2D eigenvalue weighted by Crippen LogP contribution is -2.21. The maximum absolute atomic E-state index is 13.5. The van der Waals surface area contributed by atoms with Crippen LogP contribution in [0.25, 0.3) is 0 Å². The summed E-state index contributed by atoms with van der Waals surface area (Å²) in [6.07, 6.45) is 0. The van der Waals surface area contributed by atoms with Crippen LogP contribution < -0.4 is 16.4 Å². The van der Waals surface area contributed by atoms with E-state index in [1.54, 1.807) is 24.3 Å². The van der Waals surface area contributed by atoms with Gasteiger partial charge >= 0.3 is 6.03 Å². The maximum atomic E-state index is 13.5. The molecule has 0 saturated heterocycles. The van der Waals surface area contributed by atoms with E-state index >= 15 is 0 Å². The highest BCUT2D eigenvalue weighted by Gasteiger charge is 2.15. The van der Waals surface area contributed by atoms with E-state index in [1.165, 1.54) is 0 Å². The third kappa shape index (κ3) is 2.97. The van der Waals surface area contributed by atoms with Crippen molar-refractivity contribution in [3.8, 4) is 0 Å². The number of amides is 2. The molecule has 0 bridgehead atoms. The van der Waals surface area contributed by atoms with Gasteiger partial charge in [-0.15, -0.1) is 0 Å². The van der Waals surface area contributed by atoms with Gasteiger partial charge in [-0.3, -0.25) is 0 Å². The topological polar surface area (TPSA) is 67.1 Å². The second-order valence-electron chi connectivity index (χ2n) is 3.88. The molecule has 0 unspecified atom stereocenters. The van der Waals surface area contributed by atoms with E-state index < -0.39 is 23.4 Å². The second-order valence-corrected chi connectivity index (χ2v) is 4.29. The van der Waals surface area contributed by atoms with Crippen LogP contribution in [0.2, 0.25) is 5.02 Å². The largest absolute Gasteiger partial charge is 0.397 e. The first-order chi connectivity index (χ1) is 9.49. The molecule has 0 fully saturated rings. The first-order valence-electron chi connectivity index (χ1n) is 5.55. The summed E-state index contributed by atoms with van der Waals surface area (Å²) in [7, 11) is 0. The van der Waals surface area contributed by atoms with Gasteiger partial charge in [0.1, 0.15) is 5.69 Å². The van der Waals surface area contributed by atoms with Crippen molar-refractivity contribution in [2.24, 2.45) is 0 Å². The Hall–Kier alpha value is -2.34. The lowest BCUT2D eigenvalue weighted by atomic mass is 10.2. The van der Waals surface area contributed by atoms with Crippen LogP contribution in [0.1, 0.15) is 0 Å². The molecule has 0 aromatic heterocycles. The monoisotopic (exact) mass is 297 g/mol. The van der Waals surface area contributed by atoms with Gasteiger partial charge in [-0.1, -0.05) is 23.7 Å². The summed E-state index contributed by atoms with van der Waals surface area (Å²) >= 11 is 5.86. The van der Waals surface area contributed by atoms with Gasteiger partial charge in [0.25, 0.3) is 0 Å². The minimum absolute atomic E-state index is 0.0850. The summed E-state index contributed by atoms with van der Waals surface area (Å²) in [5, 5.41) is 4.87. The first kappa shape index (κ1) is 14.1. The quantitative estimate of drug-likeness (QED) is 0.737. The van der Waals surface area contributed by atoms with Gasteiger partial charge in [0.2, 0.25) is 0 Å². The Morgan fingerprint density at radius 3 is 2.50 bits per heavy atom. The van der Waals surface area contributed by atoms with E-state index in [0.29, 0.717) is 10.7 Å². The summed E-state index contributed by atoms with van der Waals surface area (Å²) in [6.45, 7) is 0. The van der Waals surface area contributed by atoms with E-state index in [-0.39, 0.29) is 5.69 Å². The van der Waals surface area contributed by atoms with Crippen LogP contribution in [0.3, 0.4) is 0 Å². The summed E-state index contributed by atoms with van der Waals surface area (Å²) in [4.78, 5) is 11.7. The zero-order valence-corrected chi connectivity index (χ0v) is 10.8. The molecule has 2 amide bonds. The lowest BCUT2D eigenvalue weighted by molar-refractivity contribution is 0.262. The van der Waals surface area contributed by atoms with Crippen LogP contribution in [0, 0.1) is 11.6 Å². The number of anilines is 3. The van der Waals surface area contributed by atoms with Gasteiger partial charge in [0, 0.05) is 0 Å². The Morgan fingerprint density at radius 2 is 1.80 bits per heavy atom. The summed E-state index contributed by atoms with van der Waals surface area (Å²) < 4.78 is 26.6. The second kappa shape index (κ2) is 5.75. The number of carbonyl (C=O) groups is 1. The Bertz CT molecular complexity index is 664. The van der Waals surface area contributed by atoms with Crippen molar-refractivity contribution in [3.05, 3.63) is 53.1 Å². The van der Waals surface area contributed by atoms with Crippen LogP contribution in [0.5, 0.6) is 0 Å². The molecule has 0 radical (unpaired) electrons. The number of hydrogen-bond donors (Lipinski definition) is 3. The molecule has 0 aliphatic carbocycles. The number of benzene rings is 2. The van der Waals surface area contributed by atoms with Crippen molar-refractivity contribution in [1.29, 1.82) is 0 Å². The average molecular weight is 298 g/mol. The number of carbonyl (C=O) groups excluding carboxylic acids is 1. The fourth-order valence-corrected chi connectivity index (χ4v) is 1.71. The minimum atomic E-state index is -1.22. The van der Waals surface area contributed by atoms with Crippen molar-refractivity contribution in [2.45, 2.75) is 0 Å². The fraction of sp³-hybridized carbons (Fsp3) is 0. The molecule has 0 aliphatic heterocycles. The van der Waals surface area contributed by atoms with Crippen LogP contribution in [0.4, 0.5) is 30.6 Å². The Balaban J connectivity index is 2.17. The smallest absolute Gasteiger partial charge is 0.323 e. The number of halogens is 3. The van der Waals surface area contributed by atoms with E-state index in [9.17, 15) is 13.6 Å². The zero-order chi connectivity index (χ0) is 14.7. The van der Waals surface area contributed by atoms with Gasteiger partial charge in [-0.25, -0.2) is 13.6 Å². The minimum Gasteiger partial charge on any atom is -0.397 e. The van der Waals surface area contributed by atoms with Gasteiger partial charge in [-0.05, 0) is 24.3 Å². The predicted octanol–water partition coefficient (Wildman–Crippen LogP) is 3.84. The number of urea groups is 1. The molecule has 0 spiro atoms. The van der Waals surface area contributed by atoms with E-state index in [0.717, 1.165) is 12.1 Å². The van der Waals surface area contributed by atoms with Crippen molar-refractivity contribution >= 4 is 34.7 Å². The Morgan fingerprint density at radius 1 is 1.10 bits per heavy atom. The van der Waals surface area contributed by atoms with Gasteiger partial charge in [0.05, 0.1) is 16.4 Å². The molecule has 0 aliphatic rings. The molecule has 2 aromatic carbocycles. The number of para-hydroxylation sites is 1. The molecule has 4 N–H and O–H groups in total. The molecule has 2 rings (SSSR count). The molecular weight excluding hydrogens is 288 g/mol. The third-order valence-corrected chi connectivity index (χ3v) is 2.82. The molecule has 2 aromatic rings. The molecule has 0 heterocycles. The van der Waals surface area contributed by atoms with Gasteiger partial charge in [-0.2, -0.15) is 0 Å². The maximum Gasteiger partial charge on any atom is 0.323 e. The molecule has 0 saturated carbocycles. The number of nitrogen functional groups attached to an aromatic ring is 1. The number of nitrogens with two attached hydrogens (primary N) is 1. The molecular formula is C13H10ClF2N3O. The van der Waals surface area contributed by atoms with Crippen molar-refractivity contribution < 1.29 is 13.6 Å². The first-order valence-corrected chi connectivity index (χ1v) is 5.93. The highest BCUT2D eigenvalue weighted by molar-refractivity contribution is 6.33. The van der Waals surface area contributed by atoms with Crippen molar-refractivity contribution in [1.82, 2.24) is 0 Å². The third-order valence-electron chi connectivity index (χ3n) is 2.49. The number of rotatable bonds is 2. The zero-order valence-electron chi connectivity index (χ0n) is 10.1. The van der Waals surface area contributed by atoms with Crippen LogP contribution >= 0.6 is 11.6 Å². The summed E-state index contributed by atoms with van der Waals surface area (Å²) in [5.41, 5.74) is 5.32. The average Bonchev–Trinajstić information content (AvgIpc) is 2.42. The standard InChI is InChI=1S/C13H10ClF2N3O/c14-7-3-1-2-4-10(7)18-13(20)19-12-9(17)6-5-8(15)11(12)16/h1-6H,17H2,(H2,18,19,20). The van der Waals surface area contributed by atoms with Crippen LogP contribution in [-0.4, -0.2) is 6.03 Å². The van der Waals surface area contributed by atoms with Crippen LogP contribution in [-0.2, 0) is 0 Å². The normalized spacial score (nSPS) is 10.2.